The maximum atomic E-state index is 11.9. The van der Waals surface area contributed by atoms with E-state index in [1.807, 2.05) is 20.8 Å². The second kappa shape index (κ2) is 7.48. The quantitative estimate of drug-likeness (QED) is 0.591. The van der Waals surface area contributed by atoms with E-state index in [4.69, 9.17) is 9.47 Å². The van der Waals surface area contributed by atoms with Crippen LogP contribution in [-0.4, -0.2) is 42.3 Å². The van der Waals surface area contributed by atoms with E-state index >= 15 is 0 Å². The third kappa shape index (κ3) is 6.19. The summed E-state index contributed by atoms with van der Waals surface area (Å²) in [6, 6.07) is 0. The van der Waals surface area contributed by atoms with E-state index in [1.165, 1.54) is 0 Å². The number of carbonyl (C=O) groups excluding carboxylic acids is 2. The molecule has 0 unspecified atom stereocenters. The van der Waals surface area contributed by atoms with E-state index in [2.05, 4.69) is 6.58 Å². The zero-order chi connectivity index (χ0) is 16.0. The van der Waals surface area contributed by atoms with Gasteiger partial charge >= 0.3 is 12.1 Å². The number of piperidine rings is 1. The summed E-state index contributed by atoms with van der Waals surface area (Å²) in [6.45, 7) is 12.9. The smallest absolute Gasteiger partial charge is 0.410 e. The maximum absolute atomic E-state index is 11.9. The number of esters is 1. The van der Waals surface area contributed by atoms with Gasteiger partial charge in [0.25, 0.3) is 0 Å². The van der Waals surface area contributed by atoms with Gasteiger partial charge < -0.3 is 14.4 Å². The highest BCUT2D eigenvalue weighted by Gasteiger charge is 2.27. The summed E-state index contributed by atoms with van der Waals surface area (Å²) >= 11 is 0. The predicted molar refractivity (Wildman–Crippen MR) is 80.9 cm³/mol. The Hall–Kier alpha value is -1.52. The Morgan fingerprint density at radius 1 is 1.24 bits per heavy atom. The molecule has 1 saturated heterocycles. The van der Waals surface area contributed by atoms with E-state index in [0.29, 0.717) is 37.6 Å². The Labute approximate surface area is 127 Å². The lowest BCUT2D eigenvalue weighted by Crippen LogP contribution is -2.41. The van der Waals surface area contributed by atoms with Crippen molar-refractivity contribution in [3.05, 3.63) is 12.2 Å². The summed E-state index contributed by atoms with van der Waals surface area (Å²) < 4.78 is 10.3. The van der Waals surface area contributed by atoms with Crippen molar-refractivity contribution in [2.45, 2.75) is 52.6 Å². The number of amides is 1. The fourth-order valence-electron chi connectivity index (χ4n) is 2.31. The van der Waals surface area contributed by atoms with Crippen LogP contribution in [0.5, 0.6) is 0 Å². The van der Waals surface area contributed by atoms with E-state index in [1.54, 1.807) is 11.8 Å². The van der Waals surface area contributed by atoms with Crippen LogP contribution in [0.25, 0.3) is 0 Å². The highest BCUT2D eigenvalue weighted by atomic mass is 16.6. The Morgan fingerprint density at radius 3 is 2.29 bits per heavy atom. The molecule has 0 bridgehead atoms. The first kappa shape index (κ1) is 17.5. The molecule has 0 aliphatic carbocycles. The molecule has 21 heavy (non-hydrogen) atoms. The van der Waals surface area contributed by atoms with Crippen LogP contribution < -0.4 is 0 Å². The first-order valence-corrected chi connectivity index (χ1v) is 7.55. The van der Waals surface area contributed by atoms with Crippen molar-refractivity contribution in [2.24, 2.45) is 5.92 Å². The van der Waals surface area contributed by atoms with Gasteiger partial charge in [-0.1, -0.05) is 6.58 Å². The van der Waals surface area contributed by atoms with Gasteiger partial charge in [0.15, 0.2) is 0 Å². The maximum Gasteiger partial charge on any atom is 0.410 e. The first-order valence-electron chi connectivity index (χ1n) is 7.55. The molecule has 0 aromatic heterocycles. The number of nitrogens with zero attached hydrogens (tertiary/aromatic N) is 1. The summed E-state index contributed by atoms with van der Waals surface area (Å²) in [6.07, 6.45) is 2.10. The highest BCUT2D eigenvalue weighted by molar-refractivity contribution is 5.87. The lowest BCUT2D eigenvalue weighted by atomic mass is 9.90. The molecule has 0 aromatic rings. The minimum atomic E-state index is -0.466. The Bertz CT molecular complexity index is 390. The Morgan fingerprint density at radius 2 is 1.81 bits per heavy atom. The van der Waals surface area contributed by atoms with Crippen LogP contribution in [-0.2, 0) is 14.3 Å². The molecular formula is C16H27NO4. The van der Waals surface area contributed by atoms with Gasteiger partial charge in [0.1, 0.15) is 5.60 Å². The largest absolute Gasteiger partial charge is 0.463 e. The van der Waals surface area contributed by atoms with E-state index < -0.39 is 5.60 Å². The third-order valence-corrected chi connectivity index (χ3v) is 3.37. The van der Waals surface area contributed by atoms with Crippen LogP contribution in [0.15, 0.2) is 12.2 Å². The average Bonchev–Trinajstić information content (AvgIpc) is 2.37. The molecule has 0 spiro atoms. The van der Waals surface area contributed by atoms with Gasteiger partial charge in [-0.25, -0.2) is 9.59 Å². The standard InChI is InChI=1S/C16H27NO4/c1-6-20-14(18)12(2)11-13-7-9-17(10-8-13)15(19)21-16(3,4)5/h13H,2,6-11H2,1,3-5H3. The molecule has 0 aromatic carbocycles. The van der Waals surface area contributed by atoms with Crippen LogP contribution in [0.3, 0.4) is 0 Å². The van der Waals surface area contributed by atoms with Crippen molar-refractivity contribution in [2.75, 3.05) is 19.7 Å². The van der Waals surface area contributed by atoms with Crippen molar-refractivity contribution in [1.29, 1.82) is 0 Å². The number of likely N-dealkylation sites (tertiary alicyclic amines) is 1. The van der Waals surface area contributed by atoms with Crippen LogP contribution in [0, 0.1) is 5.92 Å². The summed E-state index contributed by atoms with van der Waals surface area (Å²) in [7, 11) is 0. The lowest BCUT2D eigenvalue weighted by Gasteiger charge is -2.33. The predicted octanol–water partition coefficient (Wildman–Crippen LogP) is 3.14. The number of ether oxygens (including phenoxy) is 2. The summed E-state index contributed by atoms with van der Waals surface area (Å²) in [5.74, 6) is 0.0627. The fraction of sp³-hybridized carbons (Fsp3) is 0.750. The summed E-state index contributed by atoms with van der Waals surface area (Å²) in [5, 5.41) is 0. The van der Waals surface area contributed by atoms with Crippen LogP contribution >= 0.6 is 0 Å². The van der Waals surface area contributed by atoms with Gasteiger partial charge in [0.2, 0.25) is 0 Å². The van der Waals surface area contributed by atoms with Crippen LogP contribution in [0.2, 0.25) is 0 Å². The second-order valence-corrected chi connectivity index (χ2v) is 6.44. The number of rotatable bonds is 4. The van der Waals surface area contributed by atoms with Gasteiger partial charge in [-0.3, -0.25) is 0 Å². The van der Waals surface area contributed by atoms with Crippen molar-refractivity contribution >= 4 is 12.1 Å². The molecule has 0 N–H and O–H groups in total. The van der Waals surface area contributed by atoms with Crippen LogP contribution in [0.1, 0.15) is 47.0 Å². The molecule has 1 rings (SSSR count). The van der Waals surface area contributed by atoms with Gasteiger partial charge in [0, 0.05) is 18.7 Å². The van der Waals surface area contributed by atoms with Gasteiger partial charge in [-0.2, -0.15) is 0 Å². The monoisotopic (exact) mass is 297 g/mol. The number of hydrogen-bond donors (Lipinski definition) is 0. The van der Waals surface area contributed by atoms with E-state index in [9.17, 15) is 9.59 Å². The van der Waals surface area contributed by atoms with Crippen LogP contribution in [0.4, 0.5) is 4.79 Å². The molecule has 0 saturated carbocycles. The molecule has 1 amide bonds. The molecule has 0 radical (unpaired) electrons. The Kier molecular flexibility index (Phi) is 6.24. The minimum Gasteiger partial charge on any atom is -0.463 e. The molecule has 120 valence electrons. The summed E-state index contributed by atoms with van der Waals surface area (Å²) in [5.41, 5.74) is 0.0548. The minimum absolute atomic E-state index is 0.259. The molecule has 1 heterocycles. The fourth-order valence-corrected chi connectivity index (χ4v) is 2.31. The number of carbonyl (C=O) groups is 2. The van der Waals surface area contributed by atoms with Gasteiger partial charge in [-0.15, -0.1) is 0 Å². The molecule has 5 heteroatoms. The van der Waals surface area contributed by atoms with E-state index in [-0.39, 0.29) is 12.1 Å². The number of hydrogen-bond acceptors (Lipinski definition) is 4. The van der Waals surface area contributed by atoms with Gasteiger partial charge in [0.05, 0.1) is 6.61 Å². The molecule has 1 aliphatic heterocycles. The lowest BCUT2D eigenvalue weighted by molar-refractivity contribution is -0.138. The molecule has 5 nitrogen and oxygen atoms in total. The molecule has 1 fully saturated rings. The van der Waals surface area contributed by atoms with Crippen molar-refractivity contribution in [3.63, 3.8) is 0 Å². The summed E-state index contributed by atoms with van der Waals surface area (Å²) in [4.78, 5) is 25.2. The zero-order valence-corrected chi connectivity index (χ0v) is 13.6. The first-order chi connectivity index (χ1) is 9.73. The van der Waals surface area contributed by atoms with E-state index in [0.717, 1.165) is 12.8 Å². The van der Waals surface area contributed by atoms with Crippen molar-refractivity contribution in [3.8, 4) is 0 Å². The average molecular weight is 297 g/mol. The molecular weight excluding hydrogens is 270 g/mol. The van der Waals surface area contributed by atoms with Gasteiger partial charge in [-0.05, 0) is 52.9 Å². The van der Waals surface area contributed by atoms with Crippen molar-refractivity contribution in [1.82, 2.24) is 4.90 Å². The second-order valence-electron chi connectivity index (χ2n) is 6.44. The highest BCUT2D eigenvalue weighted by Crippen LogP contribution is 2.25. The Balaban J connectivity index is 2.37. The molecule has 1 aliphatic rings. The zero-order valence-electron chi connectivity index (χ0n) is 13.6. The normalized spacial score (nSPS) is 16.5. The van der Waals surface area contributed by atoms with Crippen molar-refractivity contribution < 1.29 is 19.1 Å². The topological polar surface area (TPSA) is 55.8 Å². The molecule has 0 atom stereocenters. The SMILES string of the molecule is C=C(CC1CCN(C(=O)OC(C)(C)C)CC1)C(=O)OCC. The third-order valence-electron chi connectivity index (χ3n) is 3.37.